The fourth-order valence-corrected chi connectivity index (χ4v) is 3.92. The molecule has 0 radical (unpaired) electrons. The lowest BCUT2D eigenvalue weighted by Gasteiger charge is -2.09. The standard InChI is InChI=1S/C19H18FN5O3S/c20-17-3-1-2-4-18(17)25-12-13(11-21-25)19(26)23-22-14-7-9-16(10-8-14)29(27,28)24-15-5-6-15/h1-4,7-12,15,22,24H,5-6H2,(H,23,26). The van der Waals surface area contributed by atoms with Gasteiger partial charge in [-0.2, -0.15) is 5.10 Å². The van der Waals surface area contributed by atoms with Crippen molar-refractivity contribution < 1.29 is 17.6 Å². The van der Waals surface area contributed by atoms with E-state index in [1.54, 1.807) is 30.3 Å². The van der Waals surface area contributed by atoms with Crippen LogP contribution in [0.1, 0.15) is 23.2 Å². The molecule has 1 saturated carbocycles. The van der Waals surface area contributed by atoms with Gasteiger partial charge in [0.05, 0.1) is 22.3 Å². The summed E-state index contributed by atoms with van der Waals surface area (Å²) in [6, 6.07) is 12.1. The van der Waals surface area contributed by atoms with Crippen molar-refractivity contribution >= 4 is 21.6 Å². The van der Waals surface area contributed by atoms with Crippen molar-refractivity contribution in [2.45, 2.75) is 23.8 Å². The molecule has 1 aliphatic carbocycles. The van der Waals surface area contributed by atoms with Gasteiger partial charge in [0, 0.05) is 12.2 Å². The van der Waals surface area contributed by atoms with E-state index < -0.39 is 21.7 Å². The molecule has 1 amide bonds. The summed E-state index contributed by atoms with van der Waals surface area (Å²) in [7, 11) is -3.52. The Hall–Kier alpha value is -3.24. The van der Waals surface area contributed by atoms with Gasteiger partial charge in [-0.1, -0.05) is 12.1 Å². The Kier molecular flexibility index (Phi) is 5.03. The zero-order chi connectivity index (χ0) is 20.4. The Bertz CT molecular complexity index is 1140. The first kappa shape index (κ1) is 19.1. The van der Waals surface area contributed by atoms with E-state index in [1.165, 1.54) is 35.3 Å². The van der Waals surface area contributed by atoms with E-state index in [4.69, 9.17) is 0 Å². The Morgan fingerprint density at radius 3 is 2.52 bits per heavy atom. The summed E-state index contributed by atoms with van der Waals surface area (Å²) in [4.78, 5) is 12.4. The molecule has 0 unspecified atom stereocenters. The number of halogens is 1. The number of amides is 1. The Morgan fingerprint density at radius 1 is 1.10 bits per heavy atom. The van der Waals surface area contributed by atoms with Gasteiger partial charge in [-0.3, -0.25) is 15.6 Å². The van der Waals surface area contributed by atoms with Crippen LogP contribution >= 0.6 is 0 Å². The molecular weight excluding hydrogens is 397 g/mol. The van der Waals surface area contributed by atoms with Crippen LogP contribution in [0.15, 0.2) is 65.8 Å². The van der Waals surface area contributed by atoms with E-state index in [1.807, 2.05) is 0 Å². The van der Waals surface area contributed by atoms with Crippen LogP contribution in [0.4, 0.5) is 10.1 Å². The van der Waals surface area contributed by atoms with Crippen LogP contribution in [-0.4, -0.2) is 30.1 Å². The summed E-state index contributed by atoms with van der Waals surface area (Å²) in [5.41, 5.74) is 6.17. The lowest BCUT2D eigenvalue weighted by molar-refractivity contribution is 0.0962. The maximum absolute atomic E-state index is 13.8. The third-order valence-electron chi connectivity index (χ3n) is 4.33. The maximum Gasteiger partial charge on any atom is 0.272 e. The zero-order valence-corrected chi connectivity index (χ0v) is 16.0. The molecule has 1 aromatic heterocycles. The fraction of sp³-hybridized carbons (Fsp3) is 0.158. The van der Waals surface area contributed by atoms with Gasteiger partial charge in [0.15, 0.2) is 0 Å². The highest BCUT2D eigenvalue weighted by Gasteiger charge is 2.27. The molecule has 0 bridgehead atoms. The number of hydrazine groups is 1. The molecule has 2 aromatic carbocycles. The summed E-state index contributed by atoms with van der Waals surface area (Å²) >= 11 is 0. The number of nitrogens with one attached hydrogen (secondary N) is 3. The first-order valence-electron chi connectivity index (χ1n) is 8.91. The van der Waals surface area contributed by atoms with Crippen LogP contribution in [-0.2, 0) is 10.0 Å². The van der Waals surface area contributed by atoms with Crippen LogP contribution in [0, 0.1) is 5.82 Å². The second-order valence-electron chi connectivity index (χ2n) is 6.62. The number of carbonyl (C=O) groups excluding carboxylic acids is 1. The molecule has 3 aromatic rings. The van der Waals surface area contributed by atoms with E-state index in [2.05, 4.69) is 20.7 Å². The fourth-order valence-electron chi connectivity index (χ4n) is 2.62. The van der Waals surface area contributed by atoms with Crippen molar-refractivity contribution in [3.63, 3.8) is 0 Å². The molecular formula is C19H18FN5O3S. The third kappa shape index (κ3) is 4.44. The number of hydrogen-bond acceptors (Lipinski definition) is 5. The zero-order valence-electron chi connectivity index (χ0n) is 15.2. The number of aromatic nitrogens is 2. The second kappa shape index (κ2) is 7.64. The normalized spacial score (nSPS) is 13.8. The van der Waals surface area contributed by atoms with E-state index in [0.29, 0.717) is 5.69 Å². The second-order valence-corrected chi connectivity index (χ2v) is 8.34. The number of benzene rings is 2. The van der Waals surface area contributed by atoms with Gasteiger partial charge < -0.3 is 0 Å². The van der Waals surface area contributed by atoms with Crippen molar-refractivity contribution in [2.75, 3.05) is 5.43 Å². The number of nitrogens with zero attached hydrogens (tertiary/aromatic N) is 2. The molecule has 1 heterocycles. The first-order chi connectivity index (χ1) is 13.9. The largest absolute Gasteiger partial charge is 0.298 e. The summed E-state index contributed by atoms with van der Waals surface area (Å²) in [5, 5.41) is 4.01. The highest BCUT2D eigenvalue weighted by molar-refractivity contribution is 7.89. The highest BCUT2D eigenvalue weighted by Crippen LogP contribution is 2.22. The average Bonchev–Trinajstić information content (AvgIpc) is 3.37. The van der Waals surface area contributed by atoms with E-state index in [0.717, 1.165) is 12.8 Å². The average molecular weight is 415 g/mol. The predicted octanol–water partition coefficient (Wildman–Crippen LogP) is 2.21. The van der Waals surface area contributed by atoms with Gasteiger partial charge in [0.25, 0.3) is 5.91 Å². The van der Waals surface area contributed by atoms with Gasteiger partial charge in [0.1, 0.15) is 11.5 Å². The molecule has 10 heteroatoms. The number of hydrogen-bond donors (Lipinski definition) is 3. The Balaban J connectivity index is 1.38. The Labute approximate surface area is 166 Å². The smallest absolute Gasteiger partial charge is 0.272 e. The number of carbonyl (C=O) groups is 1. The summed E-state index contributed by atoms with van der Waals surface area (Å²) in [6.07, 6.45) is 4.45. The summed E-state index contributed by atoms with van der Waals surface area (Å²) in [5.74, 6) is -0.924. The quantitative estimate of drug-likeness (QED) is 0.513. The number of rotatable bonds is 7. The Morgan fingerprint density at radius 2 is 1.83 bits per heavy atom. The number of sulfonamides is 1. The van der Waals surface area contributed by atoms with Gasteiger partial charge >= 0.3 is 0 Å². The highest BCUT2D eigenvalue weighted by atomic mass is 32.2. The molecule has 4 rings (SSSR count). The molecule has 0 atom stereocenters. The SMILES string of the molecule is O=C(NNc1ccc(S(=O)(=O)NC2CC2)cc1)c1cnn(-c2ccccc2F)c1. The van der Waals surface area contributed by atoms with Crippen LogP contribution in [0.5, 0.6) is 0 Å². The van der Waals surface area contributed by atoms with Crippen molar-refractivity contribution in [1.29, 1.82) is 0 Å². The van der Waals surface area contributed by atoms with Crippen molar-refractivity contribution in [2.24, 2.45) is 0 Å². The van der Waals surface area contributed by atoms with Crippen LogP contribution in [0.25, 0.3) is 5.69 Å². The minimum Gasteiger partial charge on any atom is -0.298 e. The minimum absolute atomic E-state index is 0.0300. The molecule has 0 spiro atoms. The van der Waals surface area contributed by atoms with Crippen LogP contribution < -0.4 is 15.6 Å². The van der Waals surface area contributed by atoms with Gasteiger partial charge in [0.2, 0.25) is 10.0 Å². The molecule has 1 aliphatic rings. The van der Waals surface area contributed by atoms with Gasteiger partial charge in [-0.15, -0.1) is 0 Å². The summed E-state index contributed by atoms with van der Waals surface area (Å²) < 4.78 is 42.0. The number of anilines is 1. The topological polar surface area (TPSA) is 105 Å². The molecule has 3 N–H and O–H groups in total. The first-order valence-corrected chi connectivity index (χ1v) is 10.4. The lowest BCUT2D eigenvalue weighted by atomic mass is 10.3. The van der Waals surface area contributed by atoms with Crippen molar-refractivity contribution in [1.82, 2.24) is 19.9 Å². The summed E-state index contributed by atoms with van der Waals surface area (Å²) in [6.45, 7) is 0. The van der Waals surface area contributed by atoms with Crippen molar-refractivity contribution in [3.8, 4) is 5.69 Å². The van der Waals surface area contributed by atoms with Gasteiger partial charge in [-0.05, 0) is 49.2 Å². The molecule has 8 nitrogen and oxygen atoms in total. The van der Waals surface area contributed by atoms with E-state index in [9.17, 15) is 17.6 Å². The maximum atomic E-state index is 13.8. The third-order valence-corrected chi connectivity index (χ3v) is 5.86. The van der Waals surface area contributed by atoms with Gasteiger partial charge in [-0.25, -0.2) is 22.2 Å². The predicted molar refractivity (Wildman–Crippen MR) is 104 cm³/mol. The lowest BCUT2D eigenvalue weighted by Crippen LogP contribution is -2.29. The monoisotopic (exact) mass is 415 g/mol. The molecule has 0 aliphatic heterocycles. The molecule has 1 fully saturated rings. The molecule has 29 heavy (non-hydrogen) atoms. The molecule has 150 valence electrons. The molecule has 0 saturated heterocycles. The van der Waals surface area contributed by atoms with Crippen LogP contribution in [0.2, 0.25) is 0 Å². The number of para-hydroxylation sites is 1. The van der Waals surface area contributed by atoms with E-state index >= 15 is 0 Å². The van der Waals surface area contributed by atoms with E-state index in [-0.39, 0.29) is 22.2 Å². The van der Waals surface area contributed by atoms with Crippen molar-refractivity contribution in [3.05, 3.63) is 72.3 Å². The van der Waals surface area contributed by atoms with Crippen LogP contribution in [0.3, 0.4) is 0 Å². The minimum atomic E-state index is -3.52.